The minimum absolute atomic E-state index is 0.281. The van der Waals surface area contributed by atoms with Crippen LogP contribution >= 0.6 is 0 Å². The third-order valence-corrected chi connectivity index (χ3v) is 12.5. The third kappa shape index (κ3) is 6.15. The molecule has 1 aliphatic heterocycles. The summed E-state index contributed by atoms with van der Waals surface area (Å²) in [6.07, 6.45) is 7.78. The van der Waals surface area contributed by atoms with Gasteiger partial charge in [-0.3, -0.25) is 0 Å². The van der Waals surface area contributed by atoms with Gasteiger partial charge in [-0.2, -0.15) is 0 Å². The first-order valence-corrected chi connectivity index (χ1v) is 21.3. The second-order valence-corrected chi connectivity index (χ2v) is 16.2. The number of rotatable bonds is 7. The lowest BCUT2D eigenvalue weighted by Gasteiger charge is -2.25. The van der Waals surface area contributed by atoms with Crippen LogP contribution < -0.4 is 4.90 Å². The highest BCUT2D eigenvalue weighted by Gasteiger charge is 2.35. The van der Waals surface area contributed by atoms with E-state index in [0.717, 1.165) is 34.5 Å². The minimum atomic E-state index is 0.281. The molecular weight excluding hydrogens is 753 g/mol. The Morgan fingerprint density at radius 1 is 0.419 bits per heavy atom. The van der Waals surface area contributed by atoms with Crippen LogP contribution in [0, 0.1) is 0 Å². The topological polar surface area (TPSA) is 34.0 Å². The molecule has 0 spiro atoms. The standard InChI is InChI=1S/C58H40N4/c1-4-15-40(16-5-1)52-38-53(41-17-6-2-7-18-41)60-58(59-52)42-29-27-39(28-30-42)44-31-33-57-50(36-44)49-24-11-13-26-55(49)62(57)47-22-14-19-43(35-47)45-32-34-56-51(37-45)48-23-10-12-25-54(48)61(56)46-20-8-3-9-21-46/h1-23,25-38,49H,24H2. The van der Waals surface area contributed by atoms with Gasteiger partial charge in [0, 0.05) is 56.1 Å². The first-order chi connectivity index (χ1) is 30.7. The van der Waals surface area contributed by atoms with Gasteiger partial charge in [0.25, 0.3) is 0 Å². The zero-order valence-electron chi connectivity index (χ0n) is 33.9. The smallest absolute Gasteiger partial charge is 0.160 e. The molecule has 0 saturated heterocycles. The molecule has 1 unspecified atom stereocenters. The maximum Gasteiger partial charge on any atom is 0.160 e. The lowest BCUT2D eigenvalue weighted by molar-refractivity contribution is 0.820. The molecule has 0 saturated carbocycles. The SMILES string of the molecule is C1=CCC2C(=C1)N(c1cccc(-c3ccc4c(c3)c3ccccc3n4-c3ccccc3)c1)c1ccc(-c3ccc(-c4nc(-c5ccccc5)cc(-c5ccccc5)n4)cc3)cc12. The summed E-state index contributed by atoms with van der Waals surface area (Å²) >= 11 is 0. The van der Waals surface area contributed by atoms with Gasteiger partial charge in [0.15, 0.2) is 5.82 Å². The lowest BCUT2D eigenvalue weighted by atomic mass is 9.90. The van der Waals surface area contributed by atoms with Gasteiger partial charge in [0.2, 0.25) is 0 Å². The van der Waals surface area contributed by atoms with Gasteiger partial charge >= 0.3 is 0 Å². The fourth-order valence-corrected chi connectivity index (χ4v) is 9.51. The van der Waals surface area contributed by atoms with Crippen molar-refractivity contribution in [1.29, 1.82) is 0 Å². The highest BCUT2D eigenvalue weighted by molar-refractivity contribution is 6.10. The Bertz CT molecular complexity index is 3310. The summed E-state index contributed by atoms with van der Waals surface area (Å²) in [6, 6.07) is 73.8. The normalized spacial score (nSPS) is 14.2. The number of aromatic nitrogens is 3. The number of para-hydroxylation sites is 2. The quantitative estimate of drug-likeness (QED) is 0.161. The molecule has 0 fully saturated rings. The summed E-state index contributed by atoms with van der Waals surface area (Å²) in [5.41, 5.74) is 18.4. The summed E-state index contributed by atoms with van der Waals surface area (Å²) in [5, 5.41) is 2.51. The summed E-state index contributed by atoms with van der Waals surface area (Å²) in [4.78, 5) is 12.6. The fraction of sp³-hybridized carbons (Fsp3) is 0.0345. The van der Waals surface area contributed by atoms with Crippen LogP contribution in [0.3, 0.4) is 0 Å². The van der Waals surface area contributed by atoms with Crippen molar-refractivity contribution in [2.75, 3.05) is 4.90 Å². The van der Waals surface area contributed by atoms with Crippen LogP contribution in [0.25, 0.3) is 83.6 Å². The van der Waals surface area contributed by atoms with Gasteiger partial charge in [0.1, 0.15) is 0 Å². The van der Waals surface area contributed by atoms with E-state index in [1.54, 1.807) is 0 Å². The number of benzene rings is 8. The predicted molar refractivity (Wildman–Crippen MR) is 257 cm³/mol. The van der Waals surface area contributed by atoms with Crippen molar-refractivity contribution in [3.8, 4) is 61.8 Å². The summed E-state index contributed by atoms with van der Waals surface area (Å²) in [6.45, 7) is 0. The molecule has 4 nitrogen and oxygen atoms in total. The molecule has 12 rings (SSSR count). The predicted octanol–water partition coefficient (Wildman–Crippen LogP) is 15.0. The Morgan fingerprint density at radius 3 is 1.76 bits per heavy atom. The second-order valence-electron chi connectivity index (χ2n) is 16.2. The van der Waals surface area contributed by atoms with E-state index < -0.39 is 0 Å². The summed E-state index contributed by atoms with van der Waals surface area (Å²) in [7, 11) is 0. The maximum atomic E-state index is 5.06. The van der Waals surface area contributed by atoms with E-state index in [2.05, 4.69) is 222 Å². The van der Waals surface area contributed by atoms with Crippen LogP contribution in [0.2, 0.25) is 0 Å². The Balaban J connectivity index is 0.885. The Labute approximate surface area is 361 Å². The summed E-state index contributed by atoms with van der Waals surface area (Å²) in [5.74, 6) is 0.995. The highest BCUT2D eigenvalue weighted by Crippen LogP contribution is 2.52. The van der Waals surface area contributed by atoms with Crippen LogP contribution in [-0.4, -0.2) is 14.5 Å². The first kappa shape index (κ1) is 35.8. The third-order valence-electron chi connectivity index (χ3n) is 12.5. The van der Waals surface area contributed by atoms with E-state index in [-0.39, 0.29) is 5.92 Å². The maximum absolute atomic E-state index is 5.06. The monoisotopic (exact) mass is 792 g/mol. The fourth-order valence-electron chi connectivity index (χ4n) is 9.51. The molecule has 3 heterocycles. The molecule has 2 aliphatic rings. The van der Waals surface area contributed by atoms with Gasteiger partial charge in [-0.25, -0.2) is 9.97 Å². The molecule has 10 aromatic rings. The zero-order valence-corrected chi connectivity index (χ0v) is 33.9. The lowest BCUT2D eigenvalue weighted by Crippen LogP contribution is -2.14. The molecular formula is C58H40N4. The van der Waals surface area contributed by atoms with Crippen LogP contribution in [0.5, 0.6) is 0 Å². The highest BCUT2D eigenvalue weighted by atomic mass is 15.2. The van der Waals surface area contributed by atoms with Gasteiger partial charge in [-0.05, 0) is 101 Å². The van der Waals surface area contributed by atoms with Crippen molar-refractivity contribution in [2.45, 2.75) is 12.3 Å². The van der Waals surface area contributed by atoms with Crippen molar-refractivity contribution in [3.05, 3.63) is 236 Å². The number of hydrogen-bond acceptors (Lipinski definition) is 3. The van der Waals surface area contributed by atoms with Crippen LogP contribution in [0.1, 0.15) is 17.9 Å². The number of hydrogen-bond donors (Lipinski definition) is 0. The van der Waals surface area contributed by atoms with Crippen molar-refractivity contribution < 1.29 is 0 Å². The van der Waals surface area contributed by atoms with Crippen molar-refractivity contribution in [3.63, 3.8) is 0 Å². The molecule has 1 aliphatic carbocycles. The van der Waals surface area contributed by atoms with E-state index in [1.165, 1.54) is 72.4 Å². The minimum Gasteiger partial charge on any atom is -0.313 e. The molecule has 4 heteroatoms. The molecule has 0 amide bonds. The van der Waals surface area contributed by atoms with Crippen LogP contribution in [-0.2, 0) is 0 Å². The Kier molecular flexibility index (Phi) is 8.60. The molecule has 2 aromatic heterocycles. The van der Waals surface area contributed by atoms with E-state index >= 15 is 0 Å². The number of fused-ring (bicyclic) bond motifs is 6. The molecule has 0 radical (unpaired) electrons. The van der Waals surface area contributed by atoms with E-state index in [4.69, 9.17) is 9.97 Å². The molecule has 62 heavy (non-hydrogen) atoms. The molecule has 0 N–H and O–H groups in total. The van der Waals surface area contributed by atoms with E-state index in [9.17, 15) is 0 Å². The molecule has 8 aromatic carbocycles. The zero-order chi connectivity index (χ0) is 41.0. The van der Waals surface area contributed by atoms with Gasteiger partial charge in [0.05, 0.1) is 22.4 Å². The van der Waals surface area contributed by atoms with Crippen molar-refractivity contribution in [2.24, 2.45) is 0 Å². The molecule has 292 valence electrons. The largest absolute Gasteiger partial charge is 0.313 e. The molecule has 0 bridgehead atoms. The number of nitrogens with zero attached hydrogens (tertiary/aromatic N) is 4. The first-order valence-electron chi connectivity index (χ1n) is 21.3. The van der Waals surface area contributed by atoms with Gasteiger partial charge in [-0.15, -0.1) is 0 Å². The van der Waals surface area contributed by atoms with Crippen LogP contribution in [0.4, 0.5) is 11.4 Å². The average Bonchev–Trinajstić information content (AvgIpc) is 3.87. The Morgan fingerprint density at radius 2 is 1.00 bits per heavy atom. The second kappa shape index (κ2) is 14.9. The van der Waals surface area contributed by atoms with E-state index in [0.29, 0.717) is 5.82 Å². The van der Waals surface area contributed by atoms with Crippen molar-refractivity contribution >= 4 is 33.2 Å². The van der Waals surface area contributed by atoms with Crippen LogP contribution in [0.15, 0.2) is 230 Å². The molecule has 1 atom stereocenters. The van der Waals surface area contributed by atoms with Gasteiger partial charge < -0.3 is 9.47 Å². The van der Waals surface area contributed by atoms with Gasteiger partial charge in [-0.1, -0.05) is 158 Å². The number of anilines is 2. The average molecular weight is 793 g/mol. The Hall–Kier alpha value is -8.08. The van der Waals surface area contributed by atoms with Crippen molar-refractivity contribution in [1.82, 2.24) is 14.5 Å². The summed E-state index contributed by atoms with van der Waals surface area (Å²) < 4.78 is 2.37. The number of allylic oxidation sites excluding steroid dienone is 4. The van der Waals surface area contributed by atoms with E-state index in [1.807, 2.05) is 12.1 Å².